The van der Waals surface area contributed by atoms with Gasteiger partial charge in [0.15, 0.2) is 11.7 Å². The fourth-order valence-corrected chi connectivity index (χ4v) is 1.85. The van der Waals surface area contributed by atoms with Crippen molar-refractivity contribution in [3.05, 3.63) is 10.8 Å². The molecule has 4 heteroatoms. The summed E-state index contributed by atoms with van der Waals surface area (Å²) in [5.74, 6) is 0.0321. The molecule has 0 N–H and O–H groups in total. The molecular weight excluding hydrogens is 174 g/mol. The summed E-state index contributed by atoms with van der Waals surface area (Å²) >= 11 is 1.55. The van der Waals surface area contributed by atoms with Gasteiger partial charge in [-0.15, -0.1) is 0 Å². The molecule has 1 heterocycles. The molecule has 0 aromatic carbocycles. The minimum absolute atomic E-state index is 0.0321. The van der Waals surface area contributed by atoms with Crippen molar-refractivity contribution in [1.82, 2.24) is 4.90 Å². The summed E-state index contributed by atoms with van der Waals surface area (Å²) < 4.78 is 5.26. The number of hydrogen-bond donors (Lipinski definition) is 0. The summed E-state index contributed by atoms with van der Waals surface area (Å²) in [5.41, 5.74) is 0.985. The van der Waals surface area contributed by atoms with Crippen LogP contribution in [0.3, 0.4) is 0 Å². The molecule has 0 saturated carbocycles. The summed E-state index contributed by atoms with van der Waals surface area (Å²) in [7, 11) is 1.79. The van der Waals surface area contributed by atoms with Crippen LogP contribution in [0, 0.1) is 0 Å². The molecule has 0 aliphatic carbocycles. The lowest BCUT2D eigenvalue weighted by Gasteiger charge is -2.27. The van der Waals surface area contributed by atoms with E-state index in [0.29, 0.717) is 0 Å². The van der Waals surface area contributed by atoms with Crippen LogP contribution < -0.4 is 0 Å². The summed E-state index contributed by atoms with van der Waals surface area (Å²) in [6.45, 7) is 2.19. The van der Waals surface area contributed by atoms with Gasteiger partial charge in [0.2, 0.25) is 0 Å². The van der Waals surface area contributed by atoms with Crippen LogP contribution in [0.25, 0.3) is 0 Å². The Morgan fingerprint density at radius 2 is 2.33 bits per heavy atom. The van der Waals surface area contributed by atoms with Gasteiger partial charge in [-0.2, -0.15) is 0 Å². The Morgan fingerprint density at radius 3 is 2.83 bits per heavy atom. The molecule has 0 fully saturated rings. The lowest BCUT2D eigenvalue weighted by atomic mass is 10.3. The van der Waals surface area contributed by atoms with Crippen molar-refractivity contribution in [2.24, 2.45) is 0 Å². The van der Waals surface area contributed by atoms with Crippen LogP contribution >= 0.6 is 11.8 Å². The number of thioether (sulfide) groups is 1. The van der Waals surface area contributed by atoms with Crippen LogP contribution in [-0.2, 0) is 9.53 Å². The minimum Gasteiger partial charge on any atom is -0.476 e. The van der Waals surface area contributed by atoms with Crippen LogP contribution in [0.15, 0.2) is 10.8 Å². The van der Waals surface area contributed by atoms with Gasteiger partial charge < -0.3 is 9.64 Å². The molecule has 1 rings (SSSR count). The van der Waals surface area contributed by atoms with E-state index in [4.69, 9.17) is 4.74 Å². The monoisotopic (exact) mass is 187 g/mol. The topological polar surface area (TPSA) is 29.5 Å². The van der Waals surface area contributed by atoms with E-state index < -0.39 is 0 Å². The Kier molecular flexibility index (Phi) is 3.03. The number of amides is 1. The lowest BCUT2D eigenvalue weighted by molar-refractivity contribution is -0.133. The van der Waals surface area contributed by atoms with Crippen LogP contribution in [-0.4, -0.2) is 30.7 Å². The highest BCUT2D eigenvalue weighted by molar-refractivity contribution is 8.02. The highest BCUT2D eigenvalue weighted by Gasteiger charge is 2.22. The third-order valence-corrected chi connectivity index (χ3v) is 2.59. The van der Waals surface area contributed by atoms with Gasteiger partial charge in [-0.25, -0.2) is 0 Å². The number of nitrogens with zero attached hydrogens (tertiary/aromatic N) is 1. The molecule has 12 heavy (non-hydrogen) atoms. The fraction of sp³-hybridized carbons (Fsp3) is 0.625. The number of carbonyl (C=O) groups excluding carboxylic acids is 1. The molecule has 0 aromatic heterocycles. The lowest BCUT2D eigenvalue weighted by Crippen LogP contribution is -2.34. The molecule has 0 aromatic rings. The average Bonchev–Trinajstić information content (AvgIpc) is 2.09. The first-order chi connectivity index (χ1) is 5.70. The Labute approximate surface area is 76.8 Å². The zero-order valence-electron chi connectivity index (χ0n) is 7.59. The highest BCUT2D eigenvalue weighted by atomic mass is 32.2. The van der Waals surface area contributed by atoms with Gasteiger partial charge in [-0.1, -0.05) is 18.7 Å². The van der Waals surface area contributed by atoms with Gasteiger partial charge in [-0.05, 0) is 12.7 Å². The second kappa shape index (κ2) is 3.85. The van der Waals surface area contributed by atoms with Crippen LogP contribution in [0.5, 0.6) is 0 Å². The zero-order valence-corrected chi connectivity index (χ0v) is 8.40. The summed E-state index contributed by atoms with van der Waals surface area (Å²) in [5, 5.41) is 0.875. The molecule has 0 radical (unpaired) electrons. The van der Waals surface area contributed by atoms with E-state index >= 15 is 0 Å². The smallest absolute Gasteiger partial charge is 0.264 e. The van der Waals surface area contributed by atoms with Gasteiger partial charge in [0.1, 0.15) is 0 Å². The van der Waals surface area contributed by atoms with E-state index in [9.17, 15) is 4.79 Å². The third-order valence-electron chi connectivity index (χ3n) is 1.86. The summed E-state index contributed by atoms with van der Waals surface area (Å²) in [6, 6.07) is 0. The molecule has 3 nitrogen and oxygen atoms in total. The highest BCUT2D eigenvalue weighted by Crippen LogP contribution is 2.26. The maximum atomic E-state index is 11.2. The SMILES string of the molecule is CCC1=C(SC)OCC(=O)N1C. The van der Waals surface area contributed by atoms with Crippen molar-refractivity contribution in [1.29, 1.82) is 0 Å². The number of likely N-dealkylation sites (N-methyl/N-ethyl adjacent to an activating group) is 1. The fourth-order valence-electron chi connectivity index (χ4n) is 1.15. The molecule has 1 amide bonds. The van der Waals surface area contributed by atoms with E-state index in [0.717, 1.165) is 17.2 Å². The van der Waals surface area contributed by atoms with Crippen molar-refractivity contribution in [2.75, 3.05) is 19.9 Å². The maximum Gasteiger partial charge on any atom is 0.264 e. The van der Waals surface area contributed by atoms with Gasteiger partial charge in [0, 0.05) is 7.05 Å². The Morgan fingerprint density at radius 1 is 1.67 bits per heavy atom. The first-order valence-electron chi connectivity index (χ1n) is 3.87. The van der Waals surface area contributed by atoms with E-state index in [2.05, 4.69) is 0 Å². The molecule has 0 atom stereocenters. The number of carbonyl (C=O) groups is 1. The molecular formula is C8H13NO2S. The Hall–Kier alpha value is -0.640. The molecule has 1 aliphatic rings. The van der Waals surface area contributed by atoms with Crippen molar-refractivity contribution >= 4 is 17.7 Å². The normalized spacial score (nSPS) is 18.2. The molecule has 0 unspecified atom stereocenters. The van der Waals surface area contributed by atoms with Crippen LogP contribution in [0.4, 0.5) is 0 Å². The molecule has 68 valence electrons. The Bertz CT molecular complexity index is 225. The molecule has 1 aliphatic heterocycles. The number of allylic oxidation sites excluding steroid dienone is 1. The standard InChI is InChI=1S/C8H13NO2S/c1-4-6-8(12-3)11-5-7(10)9(6)2/h4-5H2,1-3H3. The van der Waals surface area contributed by atoms with E-state index in [1.165, 1.54) is 0 Å². The second-order valence-electron chi connectivity index (χ2n) is 2.53. The largest absolute Gasteiger partial charge is 0.476 e. The number of hydrogen-bond acceptors (Lipinski definition) is 3. The van der Waals surface area contributed by atoms with Gasteiger partial charge >= 0.3 is 0 Å². The zero-order chi connectivity index (χ0) is 9.14. The van der Waals surface area contributed by atoms with Crippen molar-refractivity contribution in [3.8, 4) is 0 Å². The van der Waals surface area contributed by atoms with Gasteiger partial charge in [0.05, 0.1) is 5.70 Å². The molecule has 0 saturated heterocycles. The van der Waals surface area contributed by atoms with Crippen LogP contribution in [0.1, 0.15) is 13.3 Å². The average molecular weight is 187 g/mol. The van der Waals surface area contributed by atoms with E-state index in [1.54, 1.807) is 23.7 Å². The van der Waals surface area contributed by atoms with E-state index in [1.807, 2.05) is 13.2 Å². The predicted octanol–water partition coefficient (Wildman–Crippen LogP) is 1.42. The predicted molar refractivity (Wildman–Crippen MR) is 49.6 cm³/mol. The first kappa shape index (κ1) is 9.45. The van der Waals surface area contributed by atoms with Crippen molar-refractivity contribution in [2.45, 2.75) is 13.3 Å². The van der Waals surface area contributed by atoms with Crippen molar-refractivity contribution in [3.63, 3.8) is 0 Å². The van der Waals surface area contributed by atoms with Crippen LogP contribution in [0.2, 0.25) is 0 Å². The van der Waals surface area contributed by atoms with Gasteiger partial charge in [-0.3, -0.25) is 4.79 Å². The third kappa shape index (κ3) is 1.58. The first-order valence-corrected chi connectivity index (χ1v) is 5.09. The number of rotatable bonds is 2. The minimum atomic E-state index is 0.0321. The van der Waals surface area contributed by atoms with E-state index in [-0.39, 0.29) is 12.5 Å². The Balaban J connectivity index is 2.91. The number of ether oxygens (including phenoxy) is 1. The second-order valence-corrected chi connectivity index (χ2v) is 3.31. The molecule has 0 spiro atoms. The summed E-state index contributed by atoms with van der Waals surface area (Å²) in [6.07, 6.45) is 2.78. The molecule has 0 bridgehead atoms. The van der Waals surface area contributed by atoms with Gasteiger partial charge in [0.25, 0.3) is 5.91 Å². The van der Waals surface area contributed by atoms with Crippen molar-refractivity contribution < 1.29 is 9.53 Å². The maximum absolute atomic E-state index is 11.2. The summed E-state index contributed by atoms with van der Waals surface area (Å²) in [4.78, 5) is 12.9. The quantitative estimate of drug-likeness (QED) is 0.654.